The Morgan fingerprint density at radius 3 is 2.44 bits per heavy atom. The van der Waals surface area contributed by atoms with Gasteiger partial charge in [0.25, 0.3) is 15.7 Å². The molecule has 1 aromatic carbocycles. The molecule has 0 saturated heterocycles. The van der Waals surface area contributed by atoms with Crippen molar-refractivity contribution in [3.63, 3.8) is 0 Å². The quantitative estimate of drug-likeness (QED) is 0.829. The van der Waals surface area contributed by atoms with E-state index in [1.54, 1.807) is 24.3 Å². The smallest absolute Gasteiger partial charge is 0.271 e. The Morgan fingerprint density at radius 2 is 1.89 bits per heavy atom. The summed E-state index contributed by atoms with van der Waals surface area (Å²) >= 11 is 3.27. The Labute approximate surface area is 111 Å². The molecule has 2 aromatic rings. The first kappa shape index (κ1) is 13.1. The lowest BCUT2D eigenvalue weighted by atomic mass is 10.3. The molecule has 0 radical (unpaired) electrons. The molecular weight excluding hydrogens is 324 g/mol. The number of hydrogen-bond acceptors (Lipinski definition) is 3. The summed E-state index contributed by atoms with van der Waals surface area (Å²) in [6, 6.07) is 8.03. The van der Waals surface area contributed by atoms with Crippen molar-refractivity contribution in [1.29, 1.82) is 0 Å². The topological polar surface area (TPSA) is 92.2 Å². The molecule has 0 fully saturated rings. The monoisotopic (exact) mass is 332 g/mol. The van der Waals surface area contributed by atoms with E-state index >= 15 is 0 Å². The molecule has 0 saturated carbocycles. The number of nitrogens with one attached hydrogen (secondary N) is 1. The van der Waals surface area contributed by atoms with Gasteiger partial charge in [0.2, 0.25) is 0 Å². The van der Waals surface area contributed by atoms with Gasteiger partial charge in [0, 0.05) is 10.5 Å². The standard InChI is InChI=1S/C10H9BrN2O4S/c11-7-1-3-9(4-2-7)13-10(14)5-8(12-13)6-18(15,16)17/h1-5,12H,6H2,(H,15,16,17). The van der Waals surface area contributed by atoms with Crippen LogP contribution in [0.3, 0.4) is 0 Å². The van der Waals surface area contributed by atoms with Gasteiger partial charge < -0.3 is 0 Å². The van der Waals surface area contributed by atoms with Crippen molar-refractivity contribution in [2.45, 2.75) is 5.75 Å². The lowest BCUT2D eigenvalue weighted by molar-refractivity contribution is 0.481. The number of aromatic amines is 1. The Morgan fingerprint density at radius 1 is 1.28 bits per heavy atom. The van der Waals surface area contributed by atoms with E-state index in [9.17, 15) is 13.2 Å². The largest absolute Gasteiger partial charge is 0.294 e. The van der Waals surface area contributed by atoms with Gasteiger partial charge in [-0.2, -0.15) is 8.42 Å². The molecular formula is C10H9BrN2O4S. The zero-order valence-corrected chi connectivity index (χ0v) is 11.4. The molecule has 0 atom stereocenters. The van der Waals surface area contributed by atoms with Crippen LogP contribution in [0.1, 0.15) is 5.69 Å². The van der Waals surface area contributed by atoms with Gasteiger partial charge in [-0.1, -0.05) is 15.9 Å². The molecule has 0 aliphatic carbocycles. The van der Waals surface area contributed by atoms with Crippen molar-refractivity contribution >= 4 is 26.0 Å². The zero-order chi connectivity index (χ0) is 13.3. The molecule has 2 N–H and O–H groups in total. The van der Waals surface area contributed by atoms with E-state index in [2.05, 4.69) is 21.0 Å². The van der Waals surface area contributed by atoms with Crippen LogP contribution in [0, 0.1) is 0 Å². The molecule has 0 aliphatic rings. The molecule has 0 bridgehead atoms. The Kier molecular flexibility index (Phi) is 3.42. The summed E-state index contributed by atoms with van der Waals surface area (Å²) in [7, 11) is -4.16. The second-order valence-corrected chi connectivity index (χ2v) is 6.03. The van der Waals surface area contributed by atoms with Crippen LogP contribution < -0.4 is 5.56 Å². The molecule has 8 heteroatoms. The lowest BCUT2D eigenvalue weighted by Crippen LogP contribution is -2.13. The maximum atomic E-state index is 11.7. The van der Waals surface area contributed by atoms with E-state index in [0.717, 1.165) is 10.5 Å². The van der Waals surface area contributed by atoms with Crippen molar-refractivity contribution in [2.24, 2.45) is 0 Å². The SMILES string of the molecule is O=c1cc(CS(=O)(=O)O)[nH]n1-c1ccc(Br)cc1. The van der Waals surface area contributed by atoms with Crippen LogP contribution >= 0.6 is 15.9 Å². The molecule has 0 spiro atoms. The summed E-state index contributed by atoms with van der Waals surface area (Å²) in [4.78, 5) is 11.7. The minimum atomic E-state index is -4.16. The van der Waals surface area contributed by atoms with Crippen LogP contribution in [0.15, 0.2) is 39.6 Å². The highest BCUT2D eigenvalue weighted by atomic mass is 79.9. The maximum absolute atomic E-state index is 11.7. The van der Waals surface area contributed by atoms with Gasteiger partial charge in [0.05, 0.1) is 11.4 Å². The first-order valence-corrected chi connectivity index (χ1v) is 7.27. The van der Waals surface area contributed by atoms with E-state index in [1.165, 1.54) is 4.68 Å². The average molecular weight is 333 g/mol. The van der Waals surface area contributed by atoms with Gasteiger partial charge in [-0.25, -0.2) is 4.68 Å². The first-order chi connectivity index (χ1) is 8.35. The summed E-state index contributed by atoms with van der Waals surface area (Å²) in [6.45, 7) is 0. The summed E-state index contributed by atoms with van der Waals surface area (Å²) in [5.41, 5.74) is 0.311. The second kappa shape index (κ2) is 4.71. The molecule has 0 amide bonds. The van der Waals surface area contributed by atoms with Gasteiger partial charge in [0.15, 0.2) is 0 Å². The molecule has 2 rings (SSSR count). The lowest BCUT2D eigenvalue weighted by Gasteiger charge is -2.01. The molecule has 1 heterocycles. The van der Waals surface area contributed by atoms with Gasteiger partial charge >= 0.3 is 0 Å². The fourth-order valence-corrected chi connectivity index (χ4v) is 2.30. The summed E-state index contributed by atoms with van der Waals surface area (Å²) in [5.74, 6) is -0.619. The number of hydrogen-bond donors (Lipinski definition) is 2. The third kappa shape index (κ3) is 3.09. The number of H-pyrrole nitrogens is 1. The van der Waals surface area contributed by atoms with Crippen LogP contribution in [0.4, 0.5) is 0 Å². The highest BCUT2D eigenvalue weighted by molar-refractivity contribution is 9.10. The van der Waals surface area contributed by atoms with E-state index in [-0.39, 0.29) is 5.69 Å². The third-order valence-corrected chi connectivity index (χ3v) is 3.40. The van der Waals surface area contributed by atoms with Crippen LogP contribution in [0.25, 0.3) is 5.69 Å². The van der Waals surface area contributed by atoms with Crippen molar-refractivity contribution in [3.8, 4) is 5.69 Å². The minimum Gasteiger partial charge on any atom is -0.294 e. The van der Waals surface area contributed by atoms with E-state index in [4.69, 9.17) is 4.55 Å². The minimum absolute atomic E-state index is 0.130. The number of nitrogens with zero attached hydrogens (tertiary/aromatic N) is 1. The highest BCUT2D eigenvalue weighted by Crippen LogP contribution is 2.12. The normalized spacial score (nSPS) is 11.7. The predicted molar refractivity (Wildman–Crippen MR) is 69.3 cm³/mol. The van der Waals surface area contributed by atoms with Crippen molar-refractivity contribution in [2.75, 3.05) is 0 Å². The second-order valence-electron chi connectivity index (χ2n) is 3.66. The molecule has 0 aliphatic heterocycles. The summed E-state index contributed by atoms with van der Waals surface area (Å²) in [5, 5.41) is 2.62. The highest BCUT2D eigenvalue weighted by Gasteiger charge is 2.11. The maximum Gasteiger partial charge on any atom is 0.271 e. The van der Waals surface area contributed by atoms with Crippen molar-refractivity contribution in [3.05, 3.63) is 50.9 Å². The summed E-state index contributed by atoms with van der Waals surface area (Å²) in [6.07, 6.45) is 0. The molecule has 0 unspecified atom stereocenters. The van der Waals surface area contributed by atoms with E-state index < -0.39 is 21.4 Å². The molecule has 96 valence electrons. The number of aromatic nitrogens is 2. The van der Waals surface area contributed by atoms with Gasteiger partial charge in [-0.05, 0) is 24.3 Å². The van der Waals surface area contributed by atoms with Gasteiger partial charge in [-0.15, -0.1) is 0 Å². The van der Waals surface area contributed by atoms with Gasteiger partial charge in [0.1, 0.15) is 5.75 Å². The Bertz CT molecular complexity index is 715. The Balaban J connectivity index is 2.41. The van der Waals surface area contributed by atoms with Crippen LogP contribution in [0.2, 0.25) is 0 Å². The third-order valence-electron chi connectivity index (χ3n) is 2.20. The first-order valence-electron chi connectivity index (χ1n) is 4.87. The fraction of sp³-hybridized carbons (Fsp3) is 0.100. The number of rotatable bonds is 3. The average Bonchev–Trinajstić information content (AvgIpc) is 2.58. The fourth-order valence-electron chi connectivity index (χ4n) is 1.50. The Hall–Kier alpha value is -1.38. The molecule has 6 nitrogen and oxygen atoms in total. The van der Waals surface area contributed by atoms with E-state index in [1.807, 2.05) is 0 Å². The molecule has 1 aromatic heterocycles. The van der Waals surface area contributed by atoms with Crippen molar-refractivity contribution < 1.29 is 13.0 Å². The molecule has 18 heavy (non-hydrogen) atoms. The van der Waals surface area contributed by atoms with E-state index in [0.29, 0.717) is 5.69 Å². The van der Waals surface area contributed by atoms with Crippen LogP contribution in [0.5, 0.6) is 0 Å². The van der Waals surface area contributed by atoms with Crippen molar-refractivity contribution in [1.82, 2.24) is 9.78 Å². The number of benzene rings is 1. The zero-order valence-electron chi connectivity index (χ0n) is 9.00. The van der Waals surface area contributed by atoms with Crippen LogP contribution in [-0.4, -0.2) is 22.8 Å². The van der Waals surface area contributed by atoms with Gasteiger partial charge in [-0.3, -0.25) is 14.4 Å². The summed E-state index contributed by atoms with van der Waals surface area (Å²) < 4.78 is 32.2. The van der Waals surface area contributed by atoms with Crippen LogP contribution in [-0.2, 0) is 15.9 Å². The number of halogens is 1. The predicted octanol–water partition coefficient (Wildman–Crippen LogP) is 1.32.